The number of ether oxygens (including phenoxy) is 1. The number of hydrogen-bond donors (Lipinski definition) is 2. The van der Waals surface area contributed by atoms with Crippen LogP contribution in [-0.4, -0.2) is 37.4 Å². The summed E-state index contributed by atoms with van der Waals surface area (Å²) in [6.45, 7) is 0.734. The number of hydrogen-bond acceptors (Lipinski definition) is 5. The lowest BCUT2D eigenvalue weighted by Crippen LogP contribution is -2.29. The number of benzene rings is 3. The Morgan fingerprint density at radius 2 is 1.75 bits per heavy atom. The SMILES string of the molecule is COc1ccccc1NC(=O)c1ccc(NC(=O)CN(C)Cc2cccc(C#N)c2)cc1. The molecule has 3 rings (SSSR count). The fraction of sp³-hybridized carbons (Fsp3) is 0.160. The zero-order valence-electron chi connectivity index (χ0n) is 18.0. The summed E-state index contributed by atoms with van der Waals surface area (Å²) in [6, 6.07) is 23.3. The summed E-state index contributed by atoms with van der Waals surface area (Å²) in [5.74, 6) is 0.134. The van der Waals surface area contributed by atoms with Gasteiger partial charge in [-0.3, -0.25) is 14.5 Å². The Morgan fingerprint density at radius 1 is 1.00 bits per heavy atom. The molecule has 0 aliphatic rings. The first-order valence-electron chi connectivity index (χ1n) is 10.0. The Kier molecular flexibility index (Phi) is 7.57. The average molecular weight is 428 g/mol. The minimum atomic E-state index is -0.272. The average Bonchev–Trinajstić information content (AvgIpc) is 2.79. The molecule has 0 saturated carbocycles. The van der Waals surface area contributed by atoms with Crippen molar-refractivity contribution in [3.63, 3.8) is 0 Å². The summed E-state index contributed by atoms with van der Waals surface area (Å²) in [7, 11) is 3.38. The second-order valence-corrected chi connectivity index (χ2v) is 7.26. The highest BCUT2D eigenvalue weighted by Gasteiger charge is 2.11. The van der Waals surface area contributed by atoms with Gasteiger partial charge in [0.1, 0.15) is 5.75 Å². The number of nitrogens with zero attached hydrogens (tertiary/aromatic N) is 2. The minimum Gasteiger partial charge on any atom is -0.495 e. The summed E-state index contributed by atoms with van der Waals surface area (Å²) in [5, 5.41) is 14.6. The van der Waals surface area contributed by atoms with Gasteiger partial charge in [-0.25, -0.2) is 0 Å². The molecular weight excluding hydrogens is 404 g/mol. The molecule has 0 radical (unpaired) electrons. The lowest BCUT2D eigenvalue weighted by Gasteiger charge is -2.16. The highest BCUT2D eigenvalue weighted by molar-refractivity contribution is 6.05. The molecule has 3 aromatic rings. The van der Waals surface area contributed by atoms with Crippen LogP contribution in [0, 0.1) is 11.3 Å². The van der Waals surface area contributed by atoms with Crippen molar-refractivity contribution in [2.24, 2.45) is 0 Å². The van der Waals surface area contributed by atoms with Gasteiger partial charge >= 0.3 is 0 Å². The molecule has 162 valence electrons. The molecule has 0 saturated heterocycles. The molecule has 2 N–H and O–H groups in total. The van der Waals surface area contributed by atoms with E-state index in [1.807, 2.05) is 42.3 Å². The van der Waals surface area contributed by atoms with Crippen molar-refractivity contribution in [1.82, 2.24) is 4.90 Å². The van der Waals surface area contributed by atoms with Crippen LogP contribution in [0.15, 0.2) is 72.8 Å². The summed E-state index contributed by atoms with van der Waals surface area (Å²) in [5.41, 5.74) is 3.20. The van der Waals surface area contributed by atoms with Gasteiger partial charge in [-0.15, -0.1) is 0 Å². The van der Waals surface area contributed by atoms with Crippen molar-refractivity contribution >= 4 is 23.2 Å². The summed E-state index contributed by atoms with van der Waals surface area (Å²) >= 11 is 0. The number of nitrogens with one attached hydrogen (secondary N) is 2. The molecule has 3 aromatic carbocycles. The zero-order chi connectivity index (χ0) is 22.9. The maximum atomic E-state index is 12.5. The van der Waals surface area contributed by atoms with Gasteiger partial charge in [-0.2, -0.15) is 5.26 Å². The minimum absolute atomic E-state index is 0.171. The maximum Gasteiger partial charge on any atom is 0.255 e. The number of methoxy groups -OCH3 is 1. The van der Waals surface area contributed by atoms with E-state index < -0.39 is 0 Å². The number of amides is 2. The molecule has 0 fully saturated rings. The first-order chi connectivity index (χ1) is 15.5. The van der Waals surface area contributed by atoms with Crippen molar-refractivity contribution in [1.29, 1.82) is 5.26 Å². The predicted molar refractivity (Wildman–Crippen MR) is 124 cm³/mol. The molecule has 0 heterocycles. The predicted octanol–water partition coefficient (Wildman–Crippen LogP) is 3.89. The number of rotatable bonds is 8. The molecule has 2 amide bonds. The number of likely N-dealkylation sites (N-methyl/N-ethyl adjacent to an activating group) is 1. The van der Waals surface area contributed by atoms with E-state index in [0.717, 1.165) is 5.56 Å². The largest absolute Gasteiger partial charge is 0.495 e. The Morgan fingerprint density at radius 3 is 2.47 bits per heavy atom. The van der Waals surface area contributed by atoms with Gasteiger partial charge in [0.15, 0.2) is 0 Å². The van der Waals surface area contributed by atoms with E-state index in [4.69, 9.17) is 10.00 Å². The number of anilines is 2. The summed E-state index contributed by atoms with van der Waals surface area (Å²) in [4.78, 5) is 26.7. The van der Waals surface area contributed by atoms with E-state index in [9.17, 15) is 9.59 Å². The van der Waals surface area contributed by atoms with E-state index in [-0.39, 0.29) is 18.4 Å². The van der Waals surface area contributed by atoms with Gasteiger partial charge in [-0.05, 0) is 61.1 Å². The Balaban J connectivity index is 1.53. The molecule has 32 heavy (non-hydrogen) atoms. The van der Waals surface area contributed by atoms with Crippen molar-refractivity contribution in [2.75, 3.05) is 31.3 Å². The van der Waals surface area contributed by atoms with Crippen LogP contribution in [0.4, 0.5) is 11.4 Å². The van der Waals surface area contributed by atoms with Gasteiger partial charge in [-0.1, -0.05) is 24.3 Å². The zero-order valence-corrected chi connectivity index (χ0v) is 18.0. The lowest BCUT2D eigenvalue weighted by molar-refractivity contribution is -0.117. The van der Waals surface area contributed by atoms with Gasteiger partial charge in [0, 0.05) is 17.8 Å². The van der Waals surface area contributed by atoms with Gasteiger partial charge in [0.2, 0.25) is 5.91 Å². The lowest BCUT2D eigenvalue weighted by atomic mass is 10.1. The molecule has 0 aliphatic carbocycles. The van der Waals surface area contributed by atoms with Crippen LogP contribution in [0.25, 0.3) is 0 Å². The standard InChI is InChI=1S/C25H24N4O3/c1-29(16-19-7-5-6-18(14-19)15-26)17-24(30)27-21-12-10-20(11-13-21)25(31)28-22-8-3-4-9-23(22)32-2/h3-14H,16-17H2,1-2H3,(H,27,30)(H,28,31). The van der Waals surface area contributed by atoms with Gasteiger partial charge in [0.25, 0.3) is 5.91 Å². The van der Waals surface area contributed by atoms with E-state index in [2.05, 4.69) is 16.7 Å². The van der Waals surface area contributed by atoms with E-state index in [0.29, 0.717) is 34.8 Å². The Hall–Kier alpha value is -4.15. The molecule has 0 bridgehead atoms. The van der Waals surface area contributed by atoms with Crippen LogP contribution in [0.2, 0.25) is 0 Å². The smallest absolute Gasteiger partial charge is 0.255 e. The van der Waals surface area contributed by atoms with Crippen LogP contribution in [0.1, 0.15) is 21.5 Å². The Labute approximate surface area is 187 Å². The third-order valence-electron chi connectivity index (χ3n) is 4.71. The second-order valence-electron chi connectivity index (χ2n) is 7.26. The summed E-state index contributed by atoms with van der Waals surface area (Å²) in [6.07, 6.45) is 0. The maximum absolute atomic E-state index is 12.5. The van der Waals surface area contributed by atoms with Crippen molar-refractivity contribution in [2.45, 2.75) is 6.54 Å². The molecule has 0 aliphatic heterocycles. The number of para-hydroxylation sites is 2. The van der Waals surface area contributed by atoms with E-state index >= 15 is 0 Å². The van der Waals surface area contributed by atoms with Crippen molar-refractivity contribution in [3.05, 3.63) is 89.5 Å². The van der Waals surface area contributed by atoms with Crippen LogP contribution in [0.3, 0.4) is 0 Å². The topological polar surface area (TPSA) is 94.5 Å². The monoisotopic (exact) mass is 428 g/mol. The first-order valence-corrected chi connectivity index (χ1v) is 10.0. The second kappa shape index (κ2) is 10.8. The van der Waals surface area contributed by atoms with E-state index in [1.54, 1.807) is 49.6 Å². The third kappa shape index (κ3) is 6.17. The Bertz CT molecular complexity index is 1140. The number of carbonyl (C=O) groups excluding carboxylic acids is 2. The molecule has 7 heteroatoms. The fourth-order valence-corrected chi connectivity index (χ4v) is 3.20. The van der Waals surface area contributed by atoms with Crippen LogP contribution < -0.4 is 15.4 Å². The third-order valence-corrected chi connectivity index (χ3v) is 4.71. The van der Waals surface area contributed by atoms with Crippen LogP contribution in [-0.2, 0) is 11.3 Å². The van der Waals surface area contributed by atoms with E-state index in [1.165, 1.54) is 0 Å². The van der Waals surface area contributed by atoms with Crippen LogP contribution in [0.5, 0.6) is 5.75 Å². The molecule has 0 unspecified atom stereocenters. The quantitative estimate of drug-likeness (QED) is 0.568. The highest BCUT2D eigenvalue weighted by atomic mass is 16.5. The molecule has 0 spiro atoms. The first kappa shape index (κ1) is 22.5. The summed E-state index contributed by atoms with van der Waals surface area (Å²) < 4.78 is 5.25. The van der Waals surface area contributed by atoms with Crippen molar-refractivity contribution in [3.8, 4) is 11.8 Å². The normalized spacial score (nSPS) is 10.3. The molecule has 0 atom stereocenters. The number of carbonyl (C=O) groups is 2. The molecule has 7 nitrogen and oxygen atoms in total. The van der Waals surface area contributed by atoms with Gasteiger partial charge < -0.3 is 15.4 Å². The van der Waals surface area contributed by atoms with Crippen LogP contribution >= 0.6 is 0 Å². The van der Waals surface area contributed by atoms with Crippen molar-refractivity contribution < 1.29 is 14.3 Å². The molecular formula is C25H24N4O3. The molecule has 0 aromatic heterocycles. The van der Waals surface area contributed by atoms with Gasteiger partial charge in [0.05, 0.1) is 31.0 Å². The highest BCUT2D eigenvalue weighted by Crippen LogP contribution is 2.23. The fourth-order valence-electron chi connectivity index (χ4n) is 3.20. The number of nitriles is 1.